The topological polar surface area (TPSA) is 105 Å². The Balaban J connectivity index is 0.000000231. The second-order valence-electron chi connectivity index (χ2n) is 3.94. The average Bonchev–Trinajstić information content (AvgIpc) is 3.17. The molecule has 2 heterocycles. The standard InChI is InChI=1S/C7H8BrNO3.C7H9NO3/c1-2-11-7(10)5-4-9-6(3-8)12-5;1-3-10-7(9)6-4-8-5(2)11-6/h4H,2-3H2,1H3;4H,3H2,1-2H3. The van der Waals surface area contributed by atoms with E-state index < -0.39 is 11.9 Å². The van der Waals surface area contributed by atoms with Crippen LogP contribution in [0.3, 0.4) is 0 Å². The number of esters is 2. The van der Waals surface area contributed by atoms with Crippen molar-refractivity contribution in [2.75, 3.05) is 13.2 Å². The maximum absolute atomic E-state index is 11.0. The van der Waals surface area contributed by atoms with Gasteiger partial charge in [0.05, 0.1) is 30.9 Å². The zero-order chi connectivity index (χ0) is 17.2. The summed E-state index contributed by atoms with van der Waals surface area (Å²) in [5.74, 6) is 0.298. The molecule has 0 fully saturated rings. The number of alkyl halides is 1. The summed E-state index contributed by atoms with van der Waals surface area (Å²) < 4.78 is 19.3. The molecule has 0 amide bonds. The second-order valence-corrected chi connectivity index (χ2v) is 4.50. The van der Waals surface area contributed by atoms with Gasteiger partial charge in [0.2, 0.25) is 17.4 Å². The van der Waals surface area contributed by atoms with Crippen molar-refractivity contribution in [2.45, 2.75) is 26.1 Å². The van der Waals surface area contributed by atoms with Gasteiger partial charge < -0.3 is 18.3 Å². The van der Waals surface area contributed by atoms with Crippen LogP contribution in [0.25, 0.3) is 0 Å². The summed E-state index contributed by atoms with van der Waals surface area (Å²) in [5.41, 5.74) is 0. The molecule has 0 aromatic carbocycles. The fourth-order valence-electron chi connectivity index (χ4n) is 1.33. The highest BCUT2D eigenvalue weighted by molar-refractivity contribution is 9.08. The summed E-state index contributed by atoms with van der Waals surface area (Å²) >= 11 is 3.15. The monoisotopic (exact) mass is 388 g/mol. The van der Waals surface area contributed by atoms with Crippen molar-refractivity contribution in [2.24, 2.45) is 0 Å². The summed E-state index contributed by atoms with van der Waals surface area (Å²) in [6, 6.07) is 0. The number of halogens is 1. The molecule has 0 saturated carbocycles. The van der Waals surface area contributed by atoms with Crippen molar-refractivity contribution in [3.63, 3.8) is 0 Å². The number of aryl methyl sites for hydroxylation is 1. The third-order valence-corrected chi connectivity index (χ3v) is 2.72. The lowest BCUT2D eigenvalue weighted by Gasteiger charge is -1.95. The van der Waals surface area contributed by atoms with E-state index in [4.69, 9.17) is 13.6 Å². The zero-order valence-corrected chi connectivity index (χ0v) is 14.6. The van der Waals surface area contributed by atoms with E-state index in [2.05, 4.69) is 30.6 Å². The van der Waals surface area contributed by atoms with E-state index in [0.717, 1.165) is 0 Å². The Hall–Kier alpha value is -2.16. The molecule has 0 atom stereocenters. The third-order valence-electron chi connectivity index (χ3n) is 2.24. The third kappa shape index (κ3) is 6.23. The van der Waals surface area contributed by atoms with E-state index in [-0.39, 0.29) is 11.5 Å². The fourth-order valence-corrected chi connectivity index (χ4v) is 1.59. The van der Waals surface area contributed by atoms with Gasteiger partial charge in [-0.3, -0.25) is 0 Å². The van der Waals surface area contributed by atoms with Gasteiger partial charge in [-0.15, -0.1) is 0 Å². The molecule has 0 N–H and O–H groups in total. The number of oxazole rings is 2. The van der Waals surface area contributed by atoms with Gasteiger partial charge >= 0.3 is 11.9 Å². The normalized spacial score (nSPS) is 9.74. The molecule has 2 aromatic rings. The molecule has 8 nitrogen and oxygen atoms in total. The Labute approximate surface area is 141 Å². The van der Waals surface area contributed by atoms with E-state index in [1.165, 1.54) is 12.4 Å². The predicted octanol–water partition coefficient (Wildman–Crippen LogP) is 2.91. The van der Waals surface area contributed by atoms with Gasteiger partial charge in [0.15, 0.2) is 5.89 Å². The van der Waals surface area contributed by atoms with Crippen LogP contribution >= 0.6 is 15.9 Å². The first-order valence-electron chi connectivity index (χ1n) is 6.79. The minimum atomic E-state index is -0.475. The molecule has 2 rings (SSSR count). The lowest BCUT2D eigenvalue weighted by Crippen LogP contribution is -2.02. The summed E-state index contributed by atoms with van der Waals surface area (Å²) in [5, 5.41) is 0.492. The molecule has 0 unspecified atom stereocenters. The molecule has 0 saturated heterocycles. The number of ether oxygens (including phenoxy) is 2. The molecular weight excluding hydrogens is 372 g/mol. The van der Waals surface area contributed by atoms with E-state index in [1.807, 2.05) is 0 Å². The Morgan fingerprint density at radius 2 is 1.57 bits per heavy atom. The zero-order valence-electron chi connectivity index (χ0n) is 13.0. The number of hydrogen-bond acceptors (Lipinski definition) is 8. The van der Waals surface area contributed by atoms with Crippen LogP contribution in [0.15, 0.2) is 21.2 Å². The summed E-state index contributed by atoms with van der Waals surface area (Å²) in [7, 11) is 0. The molecule has 9 heteroatoms. The summed E-state index contributed by atoms with van der Waals surface area (Å²) in [6.07, 6.45) is 2.71. The molecule has 0 radical (unpaired) electrons. The van der Waals surface area contributed by atoms with Gasteiger partial charge in [-0.25, -0.2) is 19.6 Å². The molecule has 0 bridgehead atoms. The lowest BCUT2D eigenvalue weighted by molar-refractivity contribution is 0.0480. The van der Waals surface area contributed by atoms with E-state index in [0.29, 0.717) is 30.3 Å². The summed E-state index contributed by atoms with van der Waals surface area (Å²) in [6.45, 7) is 5.82. The molecular formula is C14H17BrN2O6. The van der Waals surface area contributed by atoms with Gasteiger partial charge in [0.25, 0.3) is 0 Å². The predicted molar refractivity (Wildman–Crippen MR) is 82.3 cm³/mol. The quantitative estimate of drug-likeness (QED) is 0.568. The Morgan fingerprint density at radius 3 is 1.96 bits per heavy atom. The van der Waals surface area contributed by atoms with Crippen molar-refractivity contribution < 1.29 is 27.9 Å². The Kier molecular flexibility index (Phi) is 8.03. The van der Waals surface area contributed by atoms with Crippen molar-refractivity contribution >= 4 is 27.9 Å². The van der Waals surface area contributed by atoms with E-state index in [1.54, 1.807) is 20.8 Å². The first-order valence-corrected chi connectivity index (χ1v) is 7.91. The molecule has 0 aliphatic carbocycles. The van der Waals surface area contributed by atoms with Crippen molar-refractivity contribution in [3.8, 4) is 0 Å². The first-order chi connectivity index (χ1) is 11.0. The average molecular weight is 389 g/mol. The minimum Gasteiger partial charge on any atom is -0.460 e. The van der Waals surface area contributed by atoms with E-state index in [9.17, 15) is 9.59 Å². The number of aromatic nitrogens is 2. The van der Waals surface area contributed by atoms with Crippen LogP contribution in [0.4, 0.5) is 0 Å². The highest BCUT2D eigenvalue weighted by Gasteiger charge is 2.12. The fraction of sp³-hybridized carbons (Fsp3) is 0.429. The highest BCUT2D eigenvalue weighted by atomic mass is 79.9. The number of hydrogen-bond donors (Lipinski definition) is 0. The Morgan fingerprint density at radius 1 is 1.04 bits per heavy atom. The SMILES string of the molecule is CCOC(=O)c1cnc(C)o1.CCOC(=O)c1cnc(CBr)o1. The number of carbonyl (C=O) groups excluding carboxylic acids is 2. The molecule has 0 aliphatic rings. The van der Waals surface area contributed by atoms with Crippen molar-refractivity contribution in [1.82, 2.24) is 9.97 Å². The first kappa shape index (κ1) is 18.9. The number of carbonyl (C=O) groups is 2. The number of nitrogens with zero attached hydrogens (tertiary/aromatic N) is 2. The van der Waals surface area contributed by atoms with Crippen LogP contribution in [-0.2, 0) is 14.8 Å². The van der Waals surface area contributed by atoms with Crippen LogP contribution in [-0.4, -0.2) is 35.1 Å². The van der Waals surface area contributed by atoms with E-state index >= 15 is 0 Å². The molecule has 126 valence electrons. The summed E-state index contributed by atoms with van der Waals surface area (Å²) in [4.78, 5) is 29.5. The minimum absolute atomic E-state index is 0.145. The van der Waals surface area contributed by atoms with Gasteiger partial charge in [0, 0.05) is 6.92 Å². The Bertz CT molecular complexity index is 637. The van der Waals surface area contributed by atoms with Crippen LogP contribution in [0, 0.1) is 6.92 Å². The molecule has 0 spiro atoms. The molecule has 23 heavy (non-hydrogen) atoms. The van der Waals surface area contributed by atoms with Crippen LogP contribution < -0.4 is 0 Å². The molecule has 2 aromatic heterocycles. The number of rotatable bonds is 5. The van der Waals surface area contributed by atoms with Crippen molar-refractivity contribution in [1.29, 1.82) is 0 Å². The maximum atomic E-state index is 11.0. The largest absolute Gasteiger partial charge is 0.460 e. The van der Waals surface area contributed by atoms with Crippen molar-refractivity contribution in [3.05, 3.63) is 35.7 Å². The van der Waals surface area contributed by atoms with Gasteiger partial charge in [0.1, 0.15) is 0 Å². The van der Waals surface area contributed by atoms with Crippen LogP contribution in [0.2, 0.25) is 0 Å². The van der Waals surface area contributed by atoms with Gasteiger partial charge in [-0.2, -0.15) is 0 Å². The molecule has 0 aliphatic heterocycles. The highest BCUT2D eigenvalue weighted by Crippen LogP contribution is 2.08. The smallest absolute Gasteiger partial charge is 0.375 e. The van der Waals surface area contributed by atoms with Crippen LogP contribution in [0.1, 0.15) is 46.7 Å². The van der Waals surface area contributed by atoms with Crippen LogP contribution in [0.5, 0.6) is 0 Å². The van der Waals surface area contributed by atoms with Gasteiger partial charge in [-0.05, 0) is 13.8 Å². The second kappa shape index (κ2) is 9.78. The maximum Gasteiger partial charge on any atom is 0.375 e. The van der Waals surface area contributed by atoms with Gasteiger partial charge in [-0.1, -0.05) is 15.9 Å². The lowest BCUT2D eigenvalue weighted by atomic mass is 10.5.